The Balaban J connectivity index is 0.924. The minimum atomic E-state index is 0.590. The highest BCUT2D eigenvalue weighted by Gasteiger charge is 2.14. The van der Waals surface area contributed by atoms with Crippen molar-refractivity contribution in [3.63, 3.8) is 0 Å². The van der Waals surface area contributed by atoms with E-state index in [-0.39, 0.29) is 0 Å². The lowest BCUT2D eigenvalue weighted by Gasteiger charge is -2.10. The van der Waals surface area contributed by atoms with Crippen molar-refractivity contribution in [3.05, 3.63) is 84.4 Å². The third-order valence-corrected chi connectivity index (χ3v) is 8.60. The first kappa shape index (κ1) is 30.3. The van der Waals surface area contributed by atoms with E-state index < -0.39 is 0 Å². The van der Waals surface area contributed by atoms with Crippen LogP contribution in [-0.4, -0.2) is 32.2 Å². The Morgan fingerprint density at radius 3 is 1.41 bits per heavy atom. The van der Waals surface area contributed by atoms with E-state index in [9.17, 15) is 0 Å². The van der Waals surface area contributed by atoms with Crippen molar-refractivity contribution in [1.82, 2.24) is 29.7 Å². The van der Waals surface area contributed by atoms with E-state index in [1.54, 1.807) is 0 Å². The van der Waals surface area contributed by atoms with Gasteiger partial charge in [0.2, 0.25) is 0 Å². The van der Waals surface area contributed by atoms with Crippen LogP contribution in [0, 0.1) is 11.8 Å². The summed E-state index contributed by atoms with van der Waals surface area (Å²) in [6.45, 7) is 14.8. The molecule has 0 unspecified atom stereocenters. The molecule has 0 amide bonds. The molecule has 2 N–H and O–H groups in total. The molecule has 6 nitrogen and oxygen atoms in total. The number of nitrogens with zero attached hydrogens (tertiary/aromatic N) is 4. The molecule has 0 radical (unpaired) electrons. The van der Waals surface area contributed by atoms with E-state index in [1.165, 1.54) is 69.3 Å². The van der Waals surface area contributed by atoms with Crippen molar-refractivity contribution in [1.29, 1.82) is 0 Å². The van der Waals surface area contributed by atoms with Gasteiger partial charge in [-0.25, -0.2) is 0 Å². The summed E-state index contributed by atoms with van der Waals surface area (Å²) in [5.74, 6) is 1.18. The monoisotopic (exact) mass is 588 g/mol. The SMILES string of the molecule is CC(C)Cn1c2ccccc2c2cc(CNCCCCCCNCc3cc4c5ccccc5n(CC(C)C)c4cn3)ncc21. The predicted molar refractivity (Wildman–Crippen MR) is 186 cm³/mol. The lowest BCUT2D eigenvalue weighted by molar-refractivity contribution is 0.544. The van der Waals surface area contributed by atoms with Gasteiger partial charge in [-0.3, -0.25) is 9.97 Å². The third-order valence-electron chi connectivity index (χ3n) is 8.60. The molecule has 0 fully saturated rings. The van der Waals surface area contributed by atoms with Gasteiger partial charge in [0, 0.05) is 58.8 Å². The van der Waals surface area contributed by atoms with Crippen molar-refractivity contribution < 1.29 is 0 Å². The van der Waals surface area contributed by atoms with Gasteiger partial charge in [-0.2, -0.15) is 0 Å². The highest BCUT2D eigenvalue weighted by atomic mass is 15.0. The van der Waals surface area contributed by atoms with Crippen LogP contribution in [0.1, 0.15) is 64.8 Å². The van der Waals surface area contributed by atoms with Crippen LogP contribution < -0.4 is 10.6 Å². The number of para-hydroxylation sites is 2. The van der Waals surface area contributed by atoms with Gasteiger partial charge in [-0.15, -0.1) is 0 Å². The molecule has 0 aliphatic carbocycles. The number of aromatic nitrogens is 4. The largest absolute Gasteiger partial charge is 0.339 e. The zero-order valence-corrected chi connectivity index (χ0v) is 26.9. The average molecular weight is 589 g/mol. The Kier molecular flexibility index (Phi) is 9.58. The Labute approximate surface area is 261 Å². The Hall–Kier alpha value is -3.74. The molecule has 0 bridgehead atoms. The minimum absolute atomic E-state index is 0.590. The summed E-state index contributed by atoms with van der Waals surface area (Å²) in [4.78, 5) is 9.62. The molecule has 44 heavy (non-hydrogen) atoms. The summed E-state index contributed by atoms with van der Waals surface area (Å²) in [5.41, 5.74) is 7.32. The van der Waals surface area contributed by atoms with Crippen molar-refractivity contribution in [2.45, 2.75) is 79.6 Å². The lowest BCUT2D eigenvalue weighted by atomic mass is 10.1. The molecule has 4 aromatic heterocycles. The maximum atomic E-state index is 4.81. The summed E-state index contributed by atoms with van der Waals surface area (Å²) in [5, 5.41) is 12.5. The summed E-state index contributed by atoms with van der Waals surface area (Å²) >= 11 is 0. The average Bonchev–Trinajstić information content (AvgIpc) is 3.49. The van der Waals surface area contributed by atoms with Crippen molar-refractivity contribution in [2.75, 3.05) is 13.1 Å². The fourth-order valence-electron chi connectivity index (χ4n) is 6.58. The molecular weight excluding hydrogens is 540 g/mol. The van der Waals surface area contributed by atoms with Gasteiger partial charge in [0.25, 0.3) is 0 Å². The molecule has 0 spiro atoms. The normalized spacial score (nSPS) is 12.2. The zero-order valence-electron chi connectivity index (χ0n) is 26.9. The van der Waals surface area contributed by atoms with E-state index in [4.69, 9.17) is 9.97 Å². The maximum Gasteiger partial charge on any atom is 0.0678 e. The molecule has 6 heteroatoms. The molecular formula is C38H48N6. The van der Waals surface area contributed by atoms with E-state index in [0.29, 0.717) is 11.8 Å². The van der Waals surface area contributed by atoms with Crippen LogP contribution in [-0.2, 0) is 26.2 Å². The molecule has 2 aromatic carbocycles. The van der Waals surface area contributed by atoms with Crippen LogP contribution >= 0.6 is 0 Å². The second-order valence-electron chi connectivity index (χ2n) is 13.2. The summed E-state index contributed by atoms with van der Waals surface area (Å²) in [6, 6.07) is 22.1. The number of hydrogen-bond donors (Lipinski definition) is 2. The van der Waals surface area contributed by atoms with Crippen LogP contribution in [0.2, 0.25) is 0 Å². The molecule has 6 rings (SSSR count). The quantitative estimate of drug-likeness (QED) is 0.118. The molecule has 4 heterocycles. The number of fused-ring (bicyclic) bond motifs is 6. The summed E-state index contributed by atoms with van der Waals surface area (Å²) < 4.78 is 4.86. The smallest absolute Gasteiger partial charge is 0.0678 e. The molecule has 6 aromatic rings. The van der Waals surface area contributed by atoms with Crippen molar-refractivity contribution >= 4 is 43.6 Å². The third kappa shape index (κ3) is 6.67. The molecule has 0 aliphatic rings. The highest BCUT2D eigenvalue weighted by molar-refractivity contribution is 6.08. The topological polar surface area (TPSA) is 59.7 Å². The van der Waals surface area contributed by atoms with Gasteiger partial charge < -0.3 is 19.8 Å². The van der Waals surface area contributed by atoms with Crippen LogP contribution in [0.4, 0.5) is 0 Å². The first-order valence-corrected chi connectivity index (χ1v) is 16.6. The van der Waals surface area contributed by atoms with Gasteiger partial charge >= 0.3 is 0 Å². The maximum absolute atomic E-state index is 4.81. The van der Waals surface area contributed by atoms with E-state index in [1.807, 2.05) is 0 Å². The predicted octanol–water partition coefficient (Wildman–Crippen LogP) is 8.44. The van der Waals surface area contributed by atoms with E-state index in [0.717, 1.165) is 50.7 Å². The summed E-state index contributed by atoms with van der Waals surface area (Å²) in [7, 11) is 0. The van der Waals surface area contributed by atoms with Gasteiger partial charge in [-0.1, -0.05) is 76.9 Å². The van der Waals surface area contributed by atoms with E-state index in [2.05, 4.69) is 121 Å². The van der Waals surface area contributed by atoms with Crippen LogP contribution in [0.15, 0.2) is 73.1 Å². The van der Waals surface area contributed by atoms with Gasteiger partial charge in [0.05, 0.1) is 34.8 Å². The fraction of sp³-hybridized carbons (Fsp3) is 0.421. The van der Waals surface area contributed by atoms with Gasteiger partial charge in [0.15, 0.2) is 0 Å². The minimum Gasteiger partial charge on any atom is -0.339 e. The molecule has 230 valence electrons. The lowest BCUT2D eigenvalue weighted by Crippen LogP contribution is -2.17. The number of pyridine rings is 2. The number of nitrogens with one attached hydrogen (secondary N) is 2. The first-order chi connectivity index (χ1) is 21.5. The highest BCUT2D eigenvalue weighted by Crippen LogP contribution is 2.31. The number of benzene rings is 2. The molecule has 0 saturated carbocycles. The van der Waals surface area contributed by atoms with Crippen molar-refractivity contribution in [2.24, 2.45) is 11.8 Å². The van der Waals surface area contributed by atoms with Crippen molar-refractivity contribution in [3.8, 4) is 0 Å². The second kappa shape index (κ2) is 13.9. The van der Waals surface area contributed by atoms with Crippen LogP contribution in [0.5, 0.6) is 0 Å². The van der Waals surface area contributed by atoms with E-state index >= 15 is 0 Å². The van der Waals surface area contributed by atoms with Crippen LogP contribution in [0.25, 0.3) is 43.6 Å². The summed E-state index contributed by atoms with van der Waals surface area (Å²) in [6.07, 6.45) is 9.00. The van der Waals surface area contributed by atoms with Gasteiger partial charge in [-0.05, 0) is 62.0 Å². The zero-order chi connectivity index (χ0) is 30.5. The van der Waals surface area contributed by atoms with Gasteiger partial charge in [0.1, 0.15) is 0 Å². The Morgan fingerprint density at radius 2 is 0.977 bits per heavy atom. The molecule has 0 atom stereocenters. The molecule has 0 aliphatic heterocycles. The number of rotatable bonds is 15. The number of hydrogen-bond acceptors (Lipinski definition) is 4. The standard InChI is InChI=1S/C38H48N6/c1-27(2)25-43-35-15-9-7-13-31(35)33-19-29(41-23-37(33)43)21-39-17-11-5-6-12-18-40-22-30-20-34-32-14-8-10-16-36(32)44(26-28(3)4)38(34)24-42-30/h7-10,13-16,19-20,23-24,27-28,39-40H,5-6,11-12,17-18,21-22,25-26H2,1-4H3. The Bertz CT molecular complexity index is 1710. The first-order valence-electron chi connectivity index (χ1n) is 16.6. The van der Waals surface area contributed by atoms with Crippen LogP contribution in [0.3, 0.4) is 0 Å². The Morgan fingerprint density at radius 1 is 0.545 bits per heavy atom. The number of unbranched alkanes of at least 4 members (excludes halogenated alkanes) is 3. The fourth-order valence-corrected chi connectivity index (χ4v) is 6.58. The molecule has 0 saturated heterocycles. The second-order valence-corrected chi connectivity index (χ2v) is 13.2.